The number of hydrogen-bond donors (Lipinski definition) is 1. The number of hydrogen-bond acceptors (Lipinski definition) is 2. The maximum Gasteiger partial charge on any atom is 0.122 e. The van der Waals surface area contributed by atoms with Gasteiger partial charge < -0.3 is 9.90 Å². The largest absolute Gasteiger partial charge is 0.396 e. The summed E-state index contributed by atoms with van der Waals surface area (Å²) in [7, 11) is 0. The topological polar surface area (TPSA) is 37.3 Å². The third-order valence-electron chi connectivity index (χ3n) is 0.536. The lowest BCUT2D eigenvalue weighted by atomic mass is 10.5. The van der Waals surface area contributed by atoms with Gasteiger partial charge in [0.2, 0.25) is 0 Å². The first-order chi connectivity index (χ1) is 5.33. The molecule has 0 bridgehead atoms. The third-order valence-corrected chi connectivity index (χ3v) is 0.536. The van der Waals surface area contributed by atoms with Gasteiger partial charge in [0.25, 0.3) is 0 Å². The quantitative estimate of drug-likeness (QED) is 0.507. The van der Waals surface area contributed by atoms with Gasteiger partial charge in [0.1, 0.15) is 6.29 Å². The van der Waals surface area contributed by atoms with Crippen LogP contribution in [0.25, 0.3) is 0 Å². The number of carbonyl (C=O) groups excluding carboxylic acids is 1. The minimum absolute atomic E-state index is 0.0243. The Bertz CT molecular complexity index is 60.6. The van der Waals surface area contributed by atoms with E-state index in [2.05, 4.69) is 13.5 Å². The van der Waals surface area contributed by atoms with Crippen molar-refractivity contribution >= 4 is 6.29 Å². The fourth-order valence-electron chi connectivity index (χ4n) is 0.0527. The molecule has 0 aliphatic rings. The van der Waals surface area contributed by atoms with Crippen LogP contribution in [0.5, 0.6) is 0 Å². The Balaban J connectivity index is -0.0000000965. The van der Waals surface area contributed by atoms with Crippen LogP contribution in [0.15, 0.2) is 12.7 Å². The van der Waals surface area contributed by atoms with E-state index in [0.29, 0.717) is 6.29 Å². The summed E-state index contributed by atoms with van der Waals surface area (Å²) in [6.45, 7) is 9.52. The molecule has 0 aromatic heterocycles. The first kappa shape index (κ1) is 16.8. The summed E-state index contributed by atoms with van der Waals surface area (Å²) in [6.07, 6.45) is 3.90. The zero-order valence-corrected chi connectivity index (χ0v) is 7.84. The highest BCUT2D eigenvalue weighted by molar-refractivity contribution is 5.49. The van der Waals surface area contributed by atoms with Crippen molar-refractivity contribution in [1.82, 2.24) is 0 Å². The fourth-order valence-corrected chi connectivity index (χ4v) is 0.0527. The van der Waals surface area contributed by atoms with Gasteiger partial charge in [0, 0.05) is 13.0 Å². The van der Waals surface area contributed by atoms with Gasteiger partial charge in [-0.25, -0.2) is 0 Å². The summed E-state index contributed by atoms with van der Waals surface area (Å²) in [4.78, 5) is 9.24. The van der Waals surface area contributed by atoms with Crippen molar-refractivity contribution in [3.05, 3.63) is 12.7 Å². The highest BCUT2D eigenvalue weighted by atomic mass is 16.3. The van der Waals surface area contributed by atoms with Crippen molar-refractivity contribution in [3.8, 4) is 0 Å². The molecule has 0 saturated heterocycles. The predicted octanol–water partition coefficient (Wildman–Crippen LogP) is 2.18. The van der Waals surface area contributed by atoms with Crippen molar-refractivity contribution in [1.29, 1.82) is 0 Å². The summed E-state index contributed by atoms with van der Waals surface area (Å²) in [5.74, 6) is 0. The summed E-state index contributed by atoms with van der Waals surface area (Å²) in [5, 5.41) is 7.84. The molecule has 0 aliphatic heterocycles. The Morgan fingerprint density at radius 2 is 1.82 bits per heavy atom. The number of carbonyl (C=O) groups is 1. The third kappa shape index (κ3) is 90.6. The van der Waals surface area contributed by atoms with Gasteiger partial charge >= 0.3 is 0 Å². The molecule has 0 aliphatic carbocycles. The van der Waals surface area contributed by atoms with E-state index in [0.717, 1.165) is 6.42 Å². The van der Waals surface area contributed by atoms with Gasteiger partial charge in [0.05, 0.1) is 0 Å². The Kier molecular flexibility index (Phi) is 52.4. The first-order valence-electron chi connectivity index (χ1n) is 3.98. The normalized spacial score (nSPS) is 6.18. The second kappa shape index (κ2) is 34.4. The average molecular weight is 160 g/mol. The fraction of sp³-hybridized carbons (Fsp3) is 0.667. The van der Waals surface area contributed by atoms with Crippen LogP contribution < -0.4 is 0 Å². The van der Waals surface area contributed by atoms with E-state index in [1.54, 1.807) is 0 Å². The van der Waals surface area contributed by atoms with Gasteiger partial charge in [-0.3, -0.25) is 0 Å². The van der Waals surface area contributed by atoms with E-state index >= 15 is 0 Å². The van der Waals surface area contributed by atoms with Crippen molar-refractivity contribution in [3.63, 3.8) is 0 Å². The predicted molar refractivity (Wildman–Crippen MR) is 49.6 cm³/mol. The number of rotatable bonds is 3. The van der Waals surface area contributed by atoms with E-state index in [-0.39, 0.29) is 13.0 Å². The van der Waals surface area contributed by atoms with Crippen LogP contribution in [0.3, 0.4) is 0 Å². The zero-order valence-electron chi connectivity index (χ0n) is 7.84. The van der Waals surface area contributed by atoms with Gasteiger partial charge in [0.15, 0.2) is 0 Å². The van der Waals surface area contributed by atoms with Gasteiger partial charge in [-0.05, 0) is 6.42 Å². The summed E-state index contributed by atoms with van der Waals surface area (Å²) >= 11 is 0. The van der Waals surface area contributed by atoms with Crippen LogP contribution in [0.2, 0.25) is 0 Å². The standard InChI is InChI=1S/C4H8.C3H6O2.C2H6/c1-3-4-2;4-2-1-3-5;1-2/h3H,1,4H2,2H3;2,5H,1,3H2;1-2H3. The van der Waals surface area contributed by atoms with Crippen molar-refractivity contribution in [2.24, 2.45) is 0 Å². The molecule has 0 aromatic carbocycles. The first-order valence-corrected chi connectivity index (χ1v) is 3.98. The van der Waals surface area contributed by atoms with E-state index in [4.69, 9.17) is 5.11 Å². The lowest BCUT2D eigenvalue weighted by molar-refractivity contribution is -0.108. The molecule has 1 N–H and O–H groups in total. The minimum Gasteiger partial charge on any atom is -0.396 e. The smallest absolute Gasteiger partial charge is 0.122 e. The molecule has 0 amide bonds. The van der Waals surface area contributed by atoms with E-state index in [1.807, 2.05) is 19.9 Å². The Labute approximate surface area is 69.9 Å². The molecule has 11 heavy (non-hydrogen) atoms. The summed E-state index contributed by atoms with van der Waals surface area (Å²) < 4.78 is 0. The van der Waals surface area contributed by atoms with Crippen LogP contribution >= 0.6 is 0 Å². The molecule has 68 valence electrons. The molecule has 0 saturated carbocycles. The number of aldehydes is 1. The van der Waals surface area contributed by atoms with Gasteiger partial charge in [-0.2, -0.15) is 0 Å². The molecule has 0 rings (SSSR count). The Hall–Kier alpha value is -0.630. The highest BCUT2D eigenvalue weighted by Crippen LogP contribution is 1.66. The maximum atomic E-state index is 9.24. The molecular weight excluding hydrogens is 140 g/mol. The highest BCUT2D eigenvalue weighted by Gasteiger charge is 1.67. The lowest BCUT2D eigenvalue weighted by Gasteiger charge is -1.69. The monoisotopic (exact) mass is 160 g/mol. The molecule has 0 atom stereocenters. The Morgan fingerprint density at radius 3 is 1.82 bits per heavy atom. The molecule has 0 heterocycles. The molecule has 0 fully saturated rings. The SMILES string of the molecule is C=CCC.CC.O=CCCO. The molecule has 0 radical (unpaired) electrons. The average Bonchev–Trinajstić information content (AvgIpc) is 2.10. The second-order valence-corrected chi connectivity index (χ2v) is 1.38. The van der Waals surface area contributed by atoms with Crippen LogP contribution in [0.4, 0.5) is 0 Å². The summed E-state index contributed by atoms with van der Waals surface area (Å²) in [5.41, 5.74) is 0. The van der Waals surface area contributed by atoms with E-state index in [1.165, 1.54) is 0 Å². The van der Waals surface area contributed by atoms with E-state index in [9.17, 15) is 4.79 Å². The molecule has 2 nitrogen and oxygen atoms in total. The molecule has 0 spiro atoms. The minimum atomic E-state index is -0.0243. The lowest BCUT2D eigenvalue weighted by Crippen LogP contribution is -1.78. The zero-order chi connectivity index (χ0) is 9.54. The molecule has 0 aromatic rings. The summed E-state index contributed by atoms with van der Waals surface area (Å²) in [6, 6.07) is 0. The maximum absolute atomic E-state index is 9.24. The van der Waals surface area contributed by atoms with Crippen LogP contribution in [0, 0.1) is 0 Å². The number of allylic oxidation sites excluding steroid dienone is 1. The van der Waals surface area contributed by atoms with Crippen LogP contribution in [-0.2, 0) is 4.79 Å². The van der Waals surface area contributed by atoms with Crippen molar-refractivity contribution < 1.29 is 9.90 Å². The van der Waals surface area contributed by atoms with E-state index < -0.39 is 0 Å². The van der Waals surface area contributed by atoms with Gasteiger partial charge in [-0.15, -0.1) is 6.58 Å². The molecule has 2 heteroatoms. The molecule has 0 unspecified atom stereocenters. The van der Waals surface area contributed by atoms with Crippen LogP contribution in [-0.4, -0.2) is 18.0 Å². The molecular formula is C9H20O2. The number of aliphatic hydroxyl groups is 1. The van der Waals surface area contributed by atoms with Gasteiger partial charge in [-0.1, -0.05) is 26.8 Å². The number of aliphatic hydroxyl groups excluding tert-OH is 1. The second-order valence-electron chi connectivity index (χ2n) is 1.38. The Morgan fingerprint density at radius 1 is 1.45 bits per heavy atom. The van der Waals surface area contributed by atoms with Crippen molar-refractivity contribution in [2.75, 3.05) is 6.61 Å². The van der Waals surface area contributed by atoms with Crippen molar-refractivity contribution in [2.45, 2.75) is 33.6 Å². The van der Waals surface area contributed by atoms with Crippen LogP contribution in [0.1, 0.15) is 33.6 Å².